The number of aromatic nitrogens is 1. The number of likely N-dealkylation sites (tertiary alicyclic amines) is 2. The summed E-state index contributed by atoms with van der Waals surface area (Å²) in [7, 11) is 0. The van der Waals surface area contributed by atoms with Crippen LogP contribution in [0, 0.1) is 12.8 Å². The van der Waals surface area contributed by atoms with Crippen molar-refractivity contribution < 1.29 is 4.79 Å². The van der Waals surface area contributed by atoms with Crippen LogP contribution >= 0.6 is 11.6 Å². The molecule has 22 heavy (non-hydrogen) atoms. The first-order valence-corrected chi connectivity index (χ1v) is 8.39. The van der Waals surface area contributed by atoms with E-state index in [0.717, 1.165) is 31.6 Å². The normalized spacial score (nSPS) is 22.3. The zero-order chi connectivity index (χ0) is 15.5. The molecular weight excluding hydrogens is 300 g/mol. The molecule has 1 aromatic heterocycles. The Kier molecular flexibility index (Phi) is 4.84. The van der Waals surface area contributed by atoms with Crippen molar-refractivity contribution in [2.24, 2.45) is 5.92 Å². The summed E-state index contributed by atoms with van der Waals surface area (Å²) in [4.78, 5) is 20.9. The Morgan fingerprint density at radius 3 is 2.91 bits per heavy atom. The van der Waals surface area contributed by atoms with Gasteiger partial charge in [-0.2, -0.15) is 0 Å². The van der Waals surface area contributed by atoms with Gasteiger partial charge < -0.3 is 15.1 Å². The van der Waals surface area contributed by atoms with E-state index in [9.17, 15) is 4.79 Å². The van der Waals surface area contributed by atoms with Crippen LogP contribution in [0.1, 0.15) is 24.8 Å². The molecule has 120 valence electrons. The third-order valence-electron chi connectivity index (χ3n) is 4.68. The molecule has 2 amide bonds. The third-order valence-corrected chi connectivity index (χ3v) is 5.06. The lowest BCUT2D eigenvalue weighted by Crippen LogP contribution is -2.35. The van der Waals surface area contributed by atoms with E-state index in [1.54, 1.807) is 12.4 Å². The zero-order valence-electron chi connectivity index (χ0n) is 13.0. The summed E-state index contributed by atoms with van der Waals surface area (Å²) in [6.07, 6.45) is 6.97. The molecule has 6 heteroatoms. The van der Waals surface area contributed by atoms with Gasteiger partial charge in [0, 0.05) is 25.8 Å². The molecule has 2 saturated heterocycles. The quantitative estimate of drug-likeness (QED) is 0.930. The van der Waals surface area contributed by atoms with Crippen LogP contribution in [0.2, 0.25) is 5.02 Å². The minimum absolute atomic E-state index is 0.0453. The summed E-state index contributed by atoms with van der Waals surface area (Å²) in [5.74, 6) is 0.599. The van der Waals surface area contributed by atoms with Gasteiger partial charge in [0.05, 0.1) is 16.9 Å². The van der Waals surface area contributed by atoms with Crippen molar-refractivity contribution in [2.45, 2.75) is 26.2 Å². The molecule has 2 aliphatic heterocycles. The van der Waals surface area contributed by atoms with Crippen LogP contribution < -0.4 is 5.32 Å². The molecule has 2 aliphatic rings. The van der Waals surface area contributed by atoms with Gasteiger partial charge in [0.15, 0.2) is 0 Å². The Morgan fingerprint density at radius 2 is 2.14 bits per heavy atom. The number of hydrogen-bond acceptors (Lipinski definition) is 3. The van der Waals surface area contributed by atoms with Crippen molar-refractivity contribution in [2.75, 3.05) is 38.0 Å². The molecule has 0 aliphatic carbocycles. The zero-order valence-corrected chi connectivity index (χ0v) is 13.8. The number of rotatable bonds is 3. The summed E-state index contributed by atoms with van der Waals surface area (Å²) in [5.41, 5.74) is 1.55. The van der Waals surface area contributed by atoms with Gasteiger partial charge in [0.2, 0.25) is 0 Å². The third kappa shape index (κ3) is 3.52. The van der Waals surface area contributed by atoms with Crippen LogP contribution in [0.4, 0.5) is 10.5 Å². The van der Waals surface area contributed by atoms with Crippen molar-refractivity contribution >= 4 is 23.3 Å². The second-order valence-electron chi connectivity index (χ2n) is 6.33. The van der Waals surface area contributed by atoms with Gasteiger partial charge in [-0.1, -0.05) is 11.6 Å². The highest BCUT2D eigenvalue weighted by Crippen LogP contribution is 2.24. The van der Waals surface area contributed by atoms with E-state index in [1.807, 2.05) is 11.8 Å². The molecule has 0 spiro atoms. The maximum Gasteiger partial charge on any atom is 0.321 e. The summed E-state index contributed by atoms with van der Waals surface area (Å²) >= 11 is 6.04. The number of nitrogens with one attached hydrogen (secondary N) is 1. The molecule has 0 aromatic carbocycles. The van der Waals surface area contributed by atoms with Crippen molar-refractivity contribution in [3.63, 3.8) is 0 Å². The summed E-state index contributed by atoms with van der Waals surface area (Å²) in [6, 6.07) is -0.0453. The first-order valence-electron chi connectivity index (χ1n) is 8.02. The van der Waals surface area contributed by atoms with Crippen molar-refractivity contribution in [3.8, 4) is 0 Å². The molecule has 0 saturated carbocycles. The van der Waals surface area contributed by atoms with Gasteiger partial charge in [-0.05, 0) is 50.8 Å². The van der Waals surface area contributed by atoms with Crippen LogP contribution in [-0.4, -0.2) is 53.5 Å². The van der Waals surface area contributed by atoms with E-state index in [-0.39, 0.29) is 6.03 Å². The molecule has 2 fully saturated rings. The Labute approximate surface area is 136 Å². The van der Waals surface area contributed by atoms with E-state index in [1.165, 1.54) is 25.9 Å². The molecule has 1 aromatic rings. The van der Waals surface area contributed by atoms with Crippen LogP contribution in [0.15, 0.2) is 12.4 Å². The molecule has 1 N–H and O–H groups in total. The number of urea groups is 1. The highest BCUT2D eigenvalue weighted by molar-refractivity contribution is 6.31. The van der Waals surface area contributed by atoms with Crippen LogP contribution in [0.3, 0.4) is 0 Å². The van der Waals surface area contributed by atoms with Gasteiger partial charge in [0.1, 0.15) is 0 Å². The van der Waals surface area contributed by atoms with Crippen LogP contribution in [-0.2, 0) is 0 Å². The van der Waals surface area contributed by atoms with Gasteiger partial charge >= 0.3 is 6.03 Å². The topological polar surface area (TPSA) is 48.5 Å². The van der Waals surface area contributed by atoms with E-state index >= 15 is 0 Å². The second kappa shape index (κ2) is 6.84. The number of carbonyl (C=O) groups is 1. The maximum absolute atomic E-state index is 12.4. The fraction of sp³-hybridized carbons (Fsp3) is 0.625. The Bertz CT molecular complexity index is 545. The fourth-order valence-electron chi connectivity index (χ4n) is 3.32. The molecule has 1 atom stereocenters. The average molecular weight is 323 g/mol. The number of halogens is 1. The van der Waals surface area contributed by atoms with Crippen molar-refractivity contribution in [1.29, 1.82) is 0 Å². The number of amides is 2. The molecule has 0 radical (unpaired) electrons. The predicted octanol–water partition coefficient (Wildman–Crippen LogP) is 2.99. The molecule has 0 bridgehead atoms. The van der Waals surface area contributed by atoms with Gasteiger partial charge in [-0.3, -0.25) is 4.98 Å². The largest absolute Gasteiger partial charge is 0.324 e. The molecule has 3 rings (SSSR count). The SMILES string of the molecule is Cc1c(Cl)cncc1NC(=O)N1CCC(CN2CCCC2)C1. The lowest BCUT2D eigenvalue weighted by Gasteiger charge is -2.21. The standard InChI is InChI=1S/C16H23ClN4O/c1-12-14(17)8-18-9-15(12)19-16(22)21-7-4-13(11-21)10-20-5-2-3-6-20/h8-9,13H,2-7,10-11H2,1H3,(H,19,22). The first-order chi connectivity index (χ1) is 10.6. The van der Waals surface area contributed by atoms with Gasteiger partial charge in [0.25, 0.3) is 0 Å². The smallest absolute Gasteiger partial charge is 0.321 e. The minimum atomic E-state index is -0.0453. The summed E-state index contributed by atoms with van der Waals surface area (Å²) < 4.78 is 0. The molecule has 1 unspecified atom stereocenters. The number of carbonyl (C=O) groups excluding carboxylic acids is 1. The van der Waals surface area contributed by atoms with E-state index in [4.69, 9.17) is 11.6 Å². The highest BCUT2D eigenvalue weighted by atomic mass is 35.5. The summed E-state index contributed by atoms with van der Waals surface area (Å²) in [6.45, 7) is 7.13. The van der Waals surface area contributed by atoms with Crippen LogP contribution in [0.25, 0.3) is 0 Å². The van der Waals surface area contributed by atoms with E-state index < -0.39 is 0 Å². The lowest BCUT2D eigenvalue weighted by atomic mass is 10.1. The minimum Gasteiger partial charge on any atom is -0.324 e. The Balaban J connectivity index is 1.53. The second-order valence-corrected chi connectivity index (χ2v) is 6.74. The molecular formula is C16H23ClN4O. The van der Waals surface area contributed by atoms with Gasteiger partial charge in [-0.15, -0.1) is 0 Å². The first kappa shape index (κ1) is 15.6. The number of anilines is 1. The predicted molar refractivity (Wildman–Crippen MR) is 88.4 cm³/mol. The van der Waals surface area contributed by atoms with Crippen LogP contribution in [0.5, 0.6) is 0 Å². The molecule has 3 heterocycles. The monoisotopic (exact) mass is 322 g/mol. The number of hydrogen-bond donors (Lipinski definition) is 1. The summed E-state index contributed by atoms with van der Waals surface area (Å²) in [5, 5.41) is 3.51. The van der Waals surface area contributed by atoms with Gasteiger partial charge in [-0.25, -0.2) is 4.79 Å². The van der Waals surface area contributed by atoms with Crippen molar-refractivity contribution in [3.05, 3.63) is 23.0 Å². The maximum atomic E-state index is 12.4. The van der Waals surface area contributed by atoms with Crippen molar-refractivity contribution in [1.82, 2.24) is 14.8 Å². The van der Waals surface area contributed by atoms with E-state index in [2.05, 4.69) is 15.2 Å². The Hall–Kier alpha value is -1.33. The Morgan fingerprint density at radius 1 is 1.36 bits per heavy atom. The lowest BCUT2D eigenvalue weighted by molar-refractivity contribution is 0.217. The number of pyridine rings is 1. The molecule has 5 nitrogen and oxygen atoms in total. The fourth-order valence-corrected chi connectivity index (χ4v) is 3.47. The van der Waals surface area contributed by atoms with E-state index in [0.29, 0.717) is 16.6 Å². The number of nitrogens with zero attached hydrogens (tertiary/aromatic N) is 3. The highest BCUT2D eigenvalue weighted by Gasteiger charge is 2.28. The average Bonchev–Trinajstić information content (AvgIpc) is 3.16.